The first-order valence-corrected chi connectivity index (χ1v) is 17.0. The van der Waals surface area contributed by atoms with Crippen molar-refractivity contribution in [2.24, 2.45) is 0 Å². The summed E-state index contributed by atoms with van der Waals surface area (Å²) < 4.78 is 0. The van der Waals surface area contributed by atoms with Gasteiger partial charge in [0.1, 0.15) is 0 Å². The molecule has 0 saturated heterocycles. The zero-order chi connectivity index (χ0) is 33.0. The maximum Gasteiger partial charge on any atom is 0.160 e. The van der Waals surface area contributed by atoms with E-state index >= 15 is 0 Å². The maximum atomic E-state index is 5.54. The predicted octanol–water partition coefficient (Wildman–Crippen LogP) is 12.3. The molecule has 0 aliphatic heterocycles. The molecule has 50 heavy (non-hydrogen) atoms. The molecule has 232 valence electrons. The van der Waals surface area contributed by atoms with Gasteiger partial charge in [0.2, 0.25) is 0 Å². The summed E-state index contributed by atoms with van der Waals surface area (Å²) in [5.41, 5.74) is 7.90. The van der Waals surface area contributed by atoms with Crippen LogP contribution in [0.5, 0.6) is 0 Å². The summed E-state index contributed by atoms with van der Waals surface area (Å²) in [7, 11) is 0. The number of fused-ring (bicyclic) bond motifs is 10. The van der Waals surface area contributed by atoms with E-state index in [1.54, 1.807) is 0 Å². The van der Waals surface area contributed by atoms with Crippen LogP contribution in [0.2, 0.25) is 0 Å². The van der Waals surface area contributed by atoms with E-state index in [9.17, 15) is 0 Å². The molecule has 0 spiro atoms. The molecule has 8 aromatic carbocycles. The lowest BCUT2D eigenvalue weighted by Gasteiger charge is -2.17. The van der Waals surface area contributed by atoms with E-state index in [1.807, 2.05) is 36.4 Å². The van der Waals surface area contributed by atoms with Crippen LogP contribution in [0.1, 0.15) is 0 Å². The van der Waals surface area contributed by atoms with E-state index in [1.165, 1.54) is 43.1 Å². The number of pyridine rings is 1. The Morgan fingerprint density at radius 2 is 0.800 bits per heavy atom. The van der Waals surface area contributed by atoms with Crippen molar-refractivity contribution in [2.75, 3.05) is 0 Å². The highest BCUT2D eigenvalue weighted by Crippen LogP contribution is 2.44. The highest BCUT2D eigenvalue weighted by Gasteiger charge is 2.19. The van der Waals surface area contributed by atoms with Crippen LogP contribution in [0.15, 0.2) is 176 Å². The molecule has 0 saturated carbocycles. The Morgan fingerprint density at radius 3 is 1.42 bits per heavy atom. The predicted molar refractivity (Wildman–Crippen MR) is 209 cm³/mol. The smallest absolute Gasteiger partial charge is 0.160 e. The van der Waals surface area contributed by atoms with Crippen molar-refractivity contribution in [3.8, 4) is 45.2 Å². The molecular weight excluding hydrogens is 607 g/mol. The van der Waals surface area contributed by atoms with E-state index in [2.05, 4.69) is 140 Å². The average Bonchev–Trinajstić information content (AvgIpc) is 3.21. The van der Waals surface area contributed by atoms with Crippen LogP contribution in [-0.4, -0.2) is 15.0 Å². The van der Waals surface area contributed by atoms with Crippen LogP contribution in [-0.2, 0) is 0 Å². The van der Waals surface area contributed by atoms with Gasteiger partial charge in [-0.25, -0.2) is 15.0 Å². The summed E-state index contributed by atoms with van der Waals surface area (Å²) in [6.07, 6.45) is 0. The topological polar surface area (TPSA) is 38.7 Å². The number of hydrogen-bond donors (Lipinski definition) is 0. The van der Waals surface area contributed by atoms with Gasteiger partial charge in [-0.15, -0.1) is 0 Å². The van der Waals surface area contributed by atoms with Crippen LogP contribution in [0.25, 0.3) is 99.2 Å². The van der Waals surface area contributed by atoms with Crippen molar-refractivity contribution in [1.29, 1.82) is 0 Å². The minimum absolute atomic E-state index is 0.690. The van der Waals surface area contributed by atoms with Crippen LogP contribution >= 0.6 is 0 Å². The van der Waals surface area contributed by atoms with Crippen LogP contribution in [0.3, 0.4) is 0 Å². The van der Waals surface area contributed by atoms with Gasteiger partial charge in [-0.2, -0.15) is 0 Å². The molecule has 2 heterocycles. The monoisotopic (exact) mass is 635 g/mol. The van der Waals surface area contributed by atoms with E-state index in [0.717, 1.165) is 50.2 Å². The molecule has 3 heteroatoms. The van der Waals surface area contributed by atoms with Gasteiger partial charge in [0.15, 0.2) is 5.82 Å². The second kappa shape index (κ2) is 11.5. The fourth-order valence-corrected chi connectivity index (χ4v) is 7.49. The summed E-state index contributed by atoms with van der Waals surface area (Å²) in [5, 5.41) is 10.8. The minimum Gasteiger partial charge on any atom is -0.246 e. The zero-order valence-corrected chi connectivity index (χ0v) is 27.1. The molecule has 0 bridgehead atoms. The Kier molecular flexibility index (Phi) is 6.49. The molecule has 3 nitrogen and oxygen atoms in total. The van der Waals surface area contributed by atoms with Gasteiger partial charge in [-0.3, -0.25) is 0 Å². The standard InChI is InChI=1S/C47H29N3/c1-3-14-31(15-4-1)41-29-42(32-16-5-2-6-17-32)49-47(48-41)34-25-23-33(24-26-34)45-44-39-22-12-10-20-37(39)36-19-9-11-21-38(36)43(44)40-28-27-30-13-7-8-18-35(30)46(40)50-45/h1-29H. The highest BCUT2D eigenvalue weighted by molar-refractivity contribution is 6.35. The van der Waals surface area contributed by atoms with Crippen molar-refractivity contribution >= 4 is 54.0 Å². The highest BCUT2D eigenvalue weighted by atomic mass is 14.9. The van der Waals surface area contributed by atoms with Crippen molar-refractivity contribution in [3.63, 3.8) is 0 Å². The molecule has 0 amide bonds. The molecule has 0 fully saturated rings. The lowest BCUT2D eigenvalue weighted by molar-refractivity contribution is 1.18. The Balaban J connectivity index is 1.23. The van der Waals surface area contributed by atoms with Crippen molar-refractivity contribution < 1.29 is 0 Å². The number of benzene rings is 8. The van der Waals surface area contributed by atoms with Gasteiger partial charge < -0.3 is 0 Å². The van der Waals surface area contributed by atoms with Gasteiger partial charge in [-0.1, -0.05) is 170 Å². The molecule has 0 aliphatic carbocycles. The minimum atomic E-state index is 0.690. The van der Waals surface area contributed by atoms with Gasteiger partial charge in [0.25, 0.3) is 0 Å². The lowest BCUT2D eigenvalue weighted by Crippen LogP contribution is -1.96. The summed E-state index contributed by atoms with van der Waals surface area (Å²) in [5.74, 6) is 0.690. The Hall–Kier alpha value is -6.71. The molecule has 10 rings (SSSR count). The third-order valence-electron chi connectivity index (χ3n) is 9.85. The van der Waals surface area contributed by atoms with Gasteiger partial charge in [0.05, 0.1) is 22.6 Å². The first kappa shape index (κ1) is 28.3. The molecule has 0 N–H and O–H groups in total. The van der Waals surface area contributed by atoms with Gasteiger partial charge in [-0.05, 0) is 33.0 Å². The average molecular weight is 636 g/mol. The molecular formula is C47H29N3. The second-order valence-electron chi connectivity index (χ2n) is 12.8. The SMILES string of the molecule is c1ccc(-c2cc(-c3ccccc3)nc(-c3ccc(-c4nc5c6ccccc6ccc5c5c6ccccc6c6ccccc6c45)cc3)n2)cc1. The maximum absolute atomic E-state index is 5.54. The van der Waals surface area contributed by atoms with Crippen molar-refractivity contribution in [1.82, 2.24) is 15.0 Å². The number of nitrogens with zero attached hydrogens (tertiary/aromatic N) is 3. The van der Waals surface area contributed by atoms with Crippen LogP contribution in [0, 0.1) is 0 Å². The van der Waals surface area contributed by atoms with E-state index < -0.39 is 0 Å². The number of rotatable bonds is 4. The quantitative estimate of drug-likeness (QED) is 0.181. The summed E-state index contributed by atoms with van der Waals surface area (Å²) in [4.78, 5) is 15.7. The molecule has 0 radical (unpaired) electrons. The Bertz CT molecular complexity index is 2840. The first-order chi connectivity index (χ1) is 24.8. The normalized spacial score (nSPS) is 11.6. The zero-order valence-electron chi connectivity index (χ0n) is 27.1. The summed E-state index contributed by atoms with van der Waals surface area (Å²) in [6.45, 7) is 0. The Labute approximate surface area is 289 Å². The molecule has 10 aromatic rings. The largest absolute Gasteiger partial charge is 0.246 e. The summed E-state index contributed by atoms with van der Waals surface area (Å²) in [6, 6.07) is 61.9. The van der Waals surface area contributed by atoms with Crippen molar-refractivity contribution in [3.05, 3.63) is 176 Å². The first-order valence-electron chi connectivity index (χ1n) is 17.0. The third-order valence-corrected chi connectivity index (χ3v) is 9.85. The number of hydrogen-bond acceptors (Lipinski definition) is 3. The number of aromatic nitrogens is 3. The fourth-order valence-electron chi connectivity index (χ4n) is 7.49. The van der Waals surface area contributed by atoms with Crippen molar-refractivity contribution in [2.45, 2.75) is 0 Å². The summed E-state index contributed by atoms with van der Waals surface area (Å²) >= 11 is 0. The molecule has 2 aromatic heterocycles. The Morgan fingerprint density at radius 1 is 0.300 bits per heavy atom. The van der Waals surface area contributed by atoms with Crippen LogP contribution < -0.4 is 0 Å². The molecule has 0 atom stereocenters. The van der Waals surface area contributed by atoms with Gasteiger partial charge in [0, 0.05) is 43.8 Å². The third kappa shape index (κ3) is 4.56. The van der Waals surface area contributed by atoms with Crippen LogP contribution in [0.4, 0.5) is 0 Å². The van der Waals surface area contributed by atoms with E-state index in [-0.39, 0.29) is 0 Å². The second-order valence-corrected chi connectivity index (χ2v) is 12.8. The van der Waals surface area contributed by atoms with Gasteiger partial charge >= 0.3 is 0 Å². The molecule has 0 aliphatic rings. The molecule has 0 unspecified atom stereocenters. The van der Waals surface area contributed by atoms with E-state index in [4.69, 9.17) is 15.0 Å². The fraction of sp³-hybridized carbons (Fsp3) is 0. The lowest BCUT2D eigenvalue weighted by atomic mass is 9.89. The van der Waals surface area contributed by atoms with E-state index in [0.29, 0.717) is 5.82 Å².